The zero-order chi connectivity index (χ0) is 13.8. The highest BCUT2D eigenvalue weighted by molar-refractivity contribution is 5.52. The summed E-state index contributed by atoms with van der Waals surface area (Å²) in [6.45, 7) is 3.93. The minimum Gasteiger partial charge on any atom is -0.493 e. The Hall–Kier alpha value is -1.96. The largest absolute Gasteiger partial charge is 0.493 e. The third-order valence-electron chi connectivity index (χ3n) is 3.87. The minimum atomic E-state index is 0.445. The lowest BCUT2D eigenvalue weighted by Crippen LogP contribution is -2.14. The number of hydrogen-bond acceptors (Lipinski definition) is 2. The van der Waals surface area contributed by atoms with E-state index in [0.29, 0.717) is 5.92 Å². The van der Waals surface area contributed by atoms with Gasteiger partial charge in [0.1, 0.15) is 5.75 Å². The normalized spacial score (nSPS) is 16.6. The summed E-state index contributed by atoms with van der Waals surface area (Å²) in [6.07, 6.45) is 2.30. The maximum absolute atomic E-state index is 5.74. The molecule has 0 fully saturated rings. The second kappa shape index (κ2) is 6.00. The van der Waals surface area contributed by atoms with E-state index in [1.807, 2.05) is 6.07 Å². The molecule has 0 radical (unpaired) electrons. The molecule has 104 valence electrons. The van der Waals surface area contributed by atoms with E-state index < -0.39 is 0 Å². The summed E-state index contributed by atoms with van der Waals surface area (Å²) < 4.78 is 5.74. The Bertz CT molecular complexity index is 579. The summed E-state index contributed by atoms with van der Waals surface area (Å²) in [5.41, 5.74) is 3.99. The topological polar surface area (TPSA) is 21.3 Å². The number of aryl methyl sites for hydroxylation is 1. The Labute approximate surface area is 120 Å². The van der Waals surface area contributed by atoms with Gasteiger partial charge < -0.3 is 10.1 Å². The average molecular weight is 267 g/mol. The number of ether oxygens (including phenoxy) is 1. The molecule has 1 aliphatic heterocycles. The summed E-state index contributed by atoms with van der Waals surface area (Å²) in [4.78, 5) is 0. The van der Waals surface area contributed by atoms with E-state index in [0.717, 1.165) is 25.3 Å². The number of anilines is 1. The summed E-state index contributed by atoms with van der Waals surface area (Å²) in [5.74, 6) is 1.49. The molecule has 0 saturated heterocycles. The molecule has 0 bridgehead atoms. The fraction of sp³-hybridized carbons (Fsp3) is 0.333. The molecule has 2 aromatic rings. The van der Waals surface area contributed by atoms with E-state index in [2.05, 4.69) is 54.7 Å². The van der Waals surface area contributed by atoms with Gasteiger partial charge in [0.2, 0.25) is 0 Å². The number of hydrogen-bond donors (Lipinski definition) is 1. The Morgan fingerprint density at radius 1 is 1.10 bits per heavy atom. The van der Waals surface area contributed by atoms with Gasteiger partial charge in [-0.25, -0.2) is 0 Å². The Morgan fingerprint density at radius 2 is 1.90 bits per heavy atom. The molecule has 1 atom stereocenters. The van der Waals surface area contributed by atoms with E-state index in [1.165, 1.54) is 23.2 Å². The molecular formula is C18H21NO. The highest BCUT2D eigenvalue weighted by atomic mass is 16.5. The fourth-order valence-corrected chi connectivity index (χ4v) is 2.81. The van der Waals surface area contributed by atoms with Crippen molar-refractivity contribution in [1.29, 1.82) is 0 Å². The van der Waals surface area contributed by atoms with Gasteiger partial charge in [-0.3, -0.25) is 0 Å². The van der Waals surface area contributed by atoms with Crippen molar-refractivity contribution in [2.24, 2.45) is 0 Å². The average Bonchev–Trinajstić information content (AvgIpc) is 2.90. The first-order valence-corrected chi connectivity index (χ1v) is 7.42. The number of para-hydroxylation sites is 2. The number of rotatable bonds is 5. The van der Waals surface area contributed by atoms with Gasteiger partial charge in [-0.15, -0.1) is 0 Å². The van der Waals surface area contributed by atoms with E-state index in [1.54, 1.807) is 0 Å². The molecule has 2 heteroatoms. The van der Waals surface area contributed by atoms with Crippen LogP contribution in [0.25, 0.3) is 0 Å². The smallest absolute Gasteiger partial charge is 0.122 e. The SMILES string of the molecule is CCCc1ccccc1NCC1COc2ccccc21. The van der Waals surface area contributed by atoms with Crippen molar-refractivity contribution >= 4 is 5.69 Å². The summed E-state index contributed by atoms with van der Waals surface area (Å²) in [6, 6.07) is 17.0. The van der Waals surface area contributed by atoms with Crippen LogP contribution in [0.5, 0.6) is 5.75 Å². The van der Waals surface area contributed by atoms with Crippen LogP contribution in [0.4, 0.5) is 5.69 Å². The Morgan fingerprint density at radius 3 is 2.80 bits per heavy atom. The van der Waals surface area contributed by atoms with Gasteiger partial charge in [0, 0.05) is 23.7 Å². The molecule has 0 saturated carbocycles. The van der Waals surface area contributed by atoms with Crippen LogP contribution in [-0.4, -0.2) is 13.2 Å². The lowest BCUT2D eigenvalue weighted by Gasteiger charge is -2.14. The predicted molar refractivity (Wildman–Crippen MR) is 83.6 cm³/mol. The molecule has 0 amide bonds. The molecule has 1 N–H and O–H groups in total. The second-order valence-electron chi connectivity index (χ2n) is 5.33. The summed E-state index contributed by atoms with van der Waals surface area (Å²) in [7, 11) is 0. The molecule has 20 heavy (non-hydrogen) atoms. The Kier molecular flexibility index (Phi) is 3.91. The molecule has 3 rings (SSSR count). The van der Waals surface area contributed by atoms with Crippen LogP contribution in [0.1, 0.15) is 30.4 Å². The summed E-state index contributed by atoms with van der Waals surface area (Å²) in [5, 5.41) is 3.60. The van der Waals surface area contributed by atoms with Gasteiger partial charge in [-0.1, -0.05) is 49.7 Å². The zero-order valence-electron chi connectivity index (χ0n) is 11.9. The maximum Gasteiger partial charge on any atom is 0.122 e. The standard InChI is InChI=1S/C18H21NO/c1-2-7-14-8-3-5-10-17(14)19-12-15-13-20-18-11-6-4-9-16(15)18/h3-6,8-11,15,19H,2,7,12-13H2,1H3. The molecule has 1 aliphatic rings. The highest BCUT2D eigenvalue weighted by Gasteiger charge is 2.23. The minimum absolute atomic E-state index is 0.445. The van der Waals surface area contributed by atoms with Crippen molar-refractivity contribution in [1.82, 2.24) is 0 Å². The first-order chi connectivity index (χ1) is 9.88. The van der Waals surface area contributed by atoms with Crippen molar-refractivity contribution in [3.63, 3.8) is 0 Å². The summed E-state index contributed by atoms with van der Waals surface area (Å²) >= 11 is 0. The molecule has 1 unspecified atom stereocenters. The van der Waals surface area contributed by atoms with E-state index in [-0.39, 0.29) is 0 Å². The first kappa shape index (κ1) is 13.0. The van der Waals surface area contributed by atoms with Crippen molar-refractivity contribution in [2.45, 2.75) is 25.7 Å². The van der Waals surface area contributed by atoms with Crippen molar-refractivity contribution in [2.75, 3.05) is 18.5 Å². The number of benzene rings is 2. The third kappa shape index (κ3) is 2.64. The van der Waals surface area contributed by atoms with Crippen molar-refractivity contribution in [3.05, 3.63) is 59.7 Å². The van der Waals surface area contributed by atoms with E-state index >= 15 is 0 Å². The lowest BCUT2D eigenvalue weighted by molar-refractivity contribution is 0.334. The van der Waals surface area contributed by atoms with Crippen LogP contribution in [-0.2, 0) is 6.42 Å². The zero-order valence-corrected chi connectivity index (χ0v) is 11.9. The van der Waals surface area contributed by atoms with Crippen molar-refractivity contribution < 1.29 is 4.74 Å². The molecule has 0 spiro atoms. The van der Waals surface area contributed by atoms with Gasteiger partial charge >= 0.3 is 0 Å². The van der Waals surface area contributed by atoms with E-state index in [4.69, 9.17) is 4.74 Å². The molecule has 0 aliphatic carbocycles. The number of fused-ring (bicyclic) bond motifs is 1. The van der Waals surface area contributed by atoms with Crippen LogP contribution in [0.3, 0.4) is 0 Å². The van der Waals surface area contributed by atoms with Crippen LogP contribution >= 0.6 is 0 Å². The van der Waals surface area contributed by atoms with Gasteiger partial charge in [0.15, 0.2) is 0 Å². The van der Waals surface area contributed by atoms with Gasteiger partial charge in [0.05, 0.1) is 6.61 Å². The quantitative estimate of drug-likeness (QED) is 0.875. The van der Waals surface area contributed by atoms with Gasteiger partial charge in [-0.05, 0) is 24.1 Å². The Balaban J connectivity index is 1.69. The third-order valence-corrected chi connectivity index (χ3v) is 3.87. The maximum atomic E-state index is 5.74. The molecule has 2 nitrogen and oxygen atoms in total. The van der Waals surface area contributed by atoms with Gasteiger partial charge in [0.25, 0.3) is 0 Å². The van der Waals surface area contributed by atoms with Crippen molar-refractivity contribution in [3.8, 4) is 5.75 Å². The van der Waals surface area contributed by atoms with E-state index in [9.17, 15) is 0 Å². The first-order valence-electron chi connectivity index (χ1n) is 7.42. The van der Waals surface area contributed by atoms with Crippen LogP contribution < -0.4 is 10.1 Å². The lowest BCUT2D eigenvalue weighted by atomic mass is 10.0. The molecule has 1 heterocycles. The second-order valence-corrected chi connectivity index (χ2v) is 5.33. The highest BCUT2D eigenvalue weighted by Crippen LogP contribution is 2.33. The molecule has 0 aromatic heterocycles. The molecule has 2 aromatic carbocycles. The predicted octanol–water partition coefficient (Wildman–Crippen LogP) is 4.23. The molecular weight excluding hydrogens is 246 g/mol. The van der Waals surface area contributed by atoms with Gasteiger partial charge in [-0.2, -0.15) is 0 Å². The monoisotopic (exact) mass is 267 g/mol. The van der Waals surface area contributed by atoms with Crippen LogP contribution in [0.2, 0.25) is 0 Å². The van der Waals surface area contributed by atoms with Crippen LogP contribution in [0, 0.1) is 0 Å². The number of nitrogens with one attached hydrogen (secondary N) is 1. The fourth-order valence-electron chi connectivity index (χ4n) is 2.81. The van der Waals surface area contributed by atoms with Crippen LogP contribution in [0.15, 0.2) is 48.5 Å².